The molecule has 1 aromatic heterocycles. The third-order valence-corrected chi connectivity index (χ3v) is 14.1. The molecular formula is C55H74N12O9. The Kier molecular flexibility index (Phi) is 21.2. The number of nitrogens with one attached hydrogen (secondary N) is 8. The molecule has 0 unspecified atom stereocenters. The van der Waals surface area contributed by atoms with Crippen LogP contribution in [0.2, 0.25) is 0 Å². The largest absolute Gasteiger partial charge is 0.497 e. The van der Waals surface area contributed by atoms with Crippen molar-refractivity contribution in [1.82, 2.24) is 42.2 Å². The first-order valence-corrected chi connectivity index (χ1v) is 26.3. The Labute approximate surface area is 442 Å². The normalized spacial score (nSPS) is 23.7. The lowest BCUT2D eigenvalue weighted by Crippen LogP contribution is -2.66. The molecule has 76 heavy (non-hydrogen) atoms. The lowest BCUT2D eigenvalue weighted by atomic mass is 9.73. The van der Waals surface area contributed by atoms with Crippen LogP contribution in [0.3, 0.4) is 0 Å². The van der Waals surface area contributed by atoms with Gasteiger partial charge in [0.05, 0.1) is 13.5 Å². The Morgan fingerprint density at radius 2 is 1.42 bits per heavy atom. The molecule has 2 aliphatic rings. The van der Waals surface area contributed by atoms with Crippen molar-refractivity contribution in [2.45, 2.75) is 145 Å². The van der Waals surface area contributed by atoms with Crippen LogP contribution in [0.5, 0.6) is 5.75 Å². The minimum Gasteiger partial charge on any atom is -0.497 e. The number of nitrogens with two attached hydrogens (primary N) is 3. The summed E-state index contributed by atoms with van der Waals surface area (Å²) in [6.07, 6.45) is 4.55. The van der Waals surface area contributed by atoms with E-state index in [-0.39, 0.29) is 76.3 Å². The van der Waals surface area contributed by atoms with Crippen LogP contribution in [0.4, 0.5) is 0 Å². The number of unbranched alkanes of at least 4 members (excludes halogenated alkanes) is 1. The summed E-state index contributed by atoms with van der Waals surface area (Å²) in [6, 6.07) is 17.5. The lowest BCUT2D eigenvalue weighted by Gasteiger charge is -2.41. The van der Waals surface area contributed by atoms with Gasteiger partial charge in [-0.2, -0.15) is 0 Å². The van der Waals surface area contributed by atoms with E-state index in [4.69, 9.17) is 21.9 Å². The molecule has 0 bridgehead atoms. The van der Waals surface area contributed by atoms with E-state index >= 15 is 4.79 Å². The van der Waals surface area contributed by atoms with E-state index in [0.717, 1.165) is 16.5 Å². The van der Waals surface area contributed by atoms with Gasteiger partial charge in [-0.1, -0.05) is 74.0 Å². The third-order valence-electron chi connectivity index (χ3n) is 14.1. The number of hydrogen-bond acceptors (Lipinski definition) is 10. The minimum absolute atomic E-state index is 0.0168. The van der Waals surface area contributed by atoms with Crippen molar-refractivity contribution in [3.63, 3.8) is 0 Å². The maximum absolute atomic E-state index is 15.3. The van der Waals surface area contributed by atoms with Crippen LogP contribution in [0.1, 0.15) is 113 Å². The number of aliphatic imine (C=N–C) groups is 1. The highest BCUT2D eigenvalue weighted by atomic mass is 16.5. The van der Waals surface area contributed by atoms with E-state index in [9.17, 15) is 33.6 Å². The van der Waals surface area contributed by atoms with Crippen molar-refractivity contribution < 1.29 is 43.1 Å². The number of rotatable bonds is 15. The second kappa shape index (κ2) is 28.1. The van der Waals surface area contributed by atoms with Crippen LogP contribution in [-0.4, -0.2) is 114 Å². The molecule has 3 aromatic carbocycles. The molecule has 5 atom stereocenters. The fraction of sp³-hybridized carbons (Fsp3) is 0.473. The summed E-state index contributed by atoms with van der Waals surface area (Å²) in [7, 11) is 1.58. The van der Waals surface area contributed by atoms with Crippen LogP contribution in [-0.2, 0) is 51.2 Å². The number of primary amides is 1. The molecule has 6 rings (SSSR count). The first-order chi connectivity index (χ1) is 36.6. The van der Waals surface area contributed by atoms with Crippen molar-refractivity contribution >= 4 is 64.1 Å². The van der Waals surface area contributed by atoms with Gasteiger partial charge in [0.2, 0.25) is 47.3 Å². The van der Waals surface area contributed by atoms with Crippen LogP contribution in [0.15, 0.2) is 90.1 Å². The number of H-pyrrole nitrogens is 1. The standard InChI is InChI=1S/C55H74N12O9/c1-3-4-19-46(68)62-45-32-47(69)59-28-11-10-17-41(48(56)70)63-51(73)44(31-37-33-61-40-16-9-8-15-39(37)40)65-49(71)42(18-12-29-60-54(57)58)64-50(72)43(30-34-13-6-5-7-14-34)66-53(75)55(67-52(45)74)26-24-36(25-27-55)35-20-22-38(76-2)23-21-35/h5-9,13-16,20-23,33,36,41-45,61H,3-4,10-12,17-19,24-32H2,1-2H3,(H2,56,70)(H,59,69)(H,62,68)(H,63,73)(H,64,72)(H,65,71)(H,66,75)(H,67,74)(H4,57,58,60)/t36?,41-,42-,43+,44-,45-,55?/m0/s1. The first-order valence-electron chi connectivity index (χ1n) is 26.3. The van der Waals surface area contributed by atoms with Crippen LogP contribution < -0.4 is 59.2 Å². The molecule has 2 heterocycles. The van der Waals surface area contributed by atoms with Gasteiger partial charge in [-0.3, -0.25) is 43.3 Å². The van der Waals surface area contributed by atoms with Crippen LogP contribution >= 0.6 is 0 Å². The molecule has 1 aliphatic heterocycles. The van der Waals surface area contributed by atoms with Crippen molar-refractivity contribution in [2.24, 2.45) is 22.2 Å². The fourth-order valence-electron chi connectivity index (χ4n) is 9.78. The summed E-state index contributed by atoms with van der Waals surface area (Å²) in [4.78, 5) is 121. The Balaban J connectivity index is 1.39. The number of benzene rings is 3. The second-order valence-corrected chi connectivity index (χ2v) is 19.7. The highest BCUT2D eigenvalue weighted by Crippen LogP contribution is 2.39. The van der Waals surface area contributed by atoms with Crippen LogP contribution in [0, 0.1) is 0 Å². The Hall–Kier alpha value is -7.97. The Morgan fingerprint density at radius 1 is 0.750 bits per heavy atom. The molecule has 21 heteroatoms. The van der Waals surface area contributed by atoms with Crippen molar-refractivity contribution in [3.8, 4) is 5.75 Å². The van der Waals surface area contributed by atoms with Gasteiger partial charge in [-0.15, -0.1) is 0 Å². The average Bonchev–Trinajstić information content (AvgIpc) is 3.82. The number of aromatic amines is 1. The van der Waals surface area contributed by atoms with Crippen molar-refractivity contribution in [3.05, 3.63) is 102 Å². The topological polar surface area (TPSA) is 336 Å². The SMILES string of the molecule is CCCCC(=O)N[C@H]1CC(=O)NCCCC[C@@H](C(N)=O)NC(=O)[C@H](Cc2c[nH]c3ccccc23)NC(=O)[C@H](CCCN=C(N)N)NC(=O)[C@@H](Cc2ccccc2)NC(=O)C2(CCC(c3ccc(OC)cc3)CC2)NC1=O. The predicted molar refractivity (Wildman–Crippen MR) is 287 cm³/mol. The molecule has 2 fully saturated rings. The summed E-state index contributed by atoms with van der Waals surface area (Å²) in [5.41, 5.74) is 18.6. The number of nitrogens with zero attached hydrogens (tertiary/aromatic N) is 1. The van der Waals surface area contributed by atoms with Gasteiger partial charge in [0.25, 0.3) is 0 Å². The number of para-hydroxylation sites is 1. The smallest absolute Gasteiger partial charge is 0.246 e. The summed E-state index contributed by atoms with van der Waals surface area (Å²) < 4.78 is 5.38. The van der Waals surface area contributed by atoms with E-state index in [1.165, 1.54) is 0 Å². The quantitative estimate of drug-likeness (QED) is 0.0465. The van der Waals surface area contributed by atoms with Gasteiger partial charge in [0.15, 0.2) is 5.96 Å². The molecular weight excluding hydrogens is 973 g/mol. The predicted octanol–water partition coefficient (Wildman–Crippen LogP) is 2.02. The highest BCUT2D eigenvalue weighted by Gasteiger charge is 2.46. The molecule has 1 saturated carbocycles. The molecule has 1 spiro atoms. The maximum Gasteiger partial charge on any atom is 0.246 e. The van der Waals surface area contributed by atoms with E-state index in [1.54, 1.807) is 43.6 Å². The van der Waals surface area contributed by atoms with Crippen LogP contribution in [0.25, 0.3) is 10.9 Å². The van der Waals surface area contributed by atoms with Crippen molar-refractivity contribution in [1.29, 1.82) is 0 Å². The number of aromatic nitrogens is 1. The highest BCUT2D eigenvalue weighted by molar-refractivity contribution is 6.00. The monoisotopic (exact) mass is 1050 g/mol. The van der Waals surface area contributed by atoms with Gasteiger partial charge in [-0.05, 0) is 105 Å². The number of fused-ring (bicyclic) bond motifs is 1. The van der Waals surface area contributed by atoms with Gasteiger partial charge in [-0.25, -0.2) is 0 Å². The Bertz CT molecular complexity index is 2660. The number of amides is 8. The molecule has 0 radical (unpaired) electrons. The number of ether oxygens (including phenoxy) is 1. The summed E-state index contributed by atoms with van der Waals surface area (Å²) in [5.74, 6) is -5.01. The molecule has 1 saturated heterocycles. The van der Waals surface area contributed by atoms with Crippen molar-refractivity contribution in [2.75, 3.05) is 20.2 Å². The summed E-state index contributed by atoms with van der Waals surface area (Å²) in [6.45, 7) is 2.12. The first kappa shape index (κ1) is 57.3. The summed E-state index contributed by atoms with van der Waals surface area (Å²) in [5, 5.41) is 20.7. The fourth-order valence-corrected chi connectivity index (χ4v) is 9.78. The van der Waals surface area contributed by atoms with Gasteiger partial charge in [0.1, 0.15) is 41.5 Å². The second-order valence-electron chi connectivity index (χ2n) is 19.7. The minimum atomic E-state index is -1.63. The number of hydrogen-bond donors (Lipinski definition) is 11. The number of guanidine groups is 1. The lowest BCUT2D eigenvalue weighted by molar-refractivity contribution is -0.140. The molecule has 408 valence electrons. The molecule has 14 N–H and O–H groups in total. The zero-order chi connectivity index (χ0) is 54.6. The number of methoxy groups -OCH3 is 1. The Morgan fingerprint density at radius 3 is 2.12 bits per heavy atom. The van der Waals surface area contributed by atoms with E-state index < -0.39 is 89.4 Å². The van der Waals surface area contributed by atoms with E-state index in [2.05, 4.69) is 47.2 Å². The maximum atomic E-state index is 15.3. The zero-order valence-electron chi connectivity index (χ0n) is 43.4. The molecule has 21 nitrogen and oxygen atoms in total. The third kappa shape index (κ3) is 16.5. The van der Waals surface area contributed by atoms with Gasteiger partial charge in [0, 0.05) is 49.5 Å². The number of carbonyl (C=O) groups is 8. The molecule has 4 aromatic rings. The summed E-state index contributed by atoms with van der Waals surface area (Å²) >= 11 is 0. The van der Waals surface area contributed by atoms with Gasteiger partial charge >= 0.3 is 0 Å². The molecule has 1 aliphatic carbocycles. The average molecular weight is 1050 g/mol. The van der Waals surface area contributed by atoms with E-state index in [0.29, 0.717) is 55.4 Å². The van der Waals surface area contributed by atoms with Gasteiger partial charge < -0.3 is 64.1 Å². The molecule has 8 amide bonds. The number of carbonyl (C=O) groups excluding carboxylic acids is 8. The van der Waals surface area contributed by atoms with E-state index in [1.807, 2.05) is 55.5 Å². The zero-order valence-corrected chi connectivity index (χ0v) is 43.4.